The van der Waals surface area contributed by atoms with Gasteiger partial charge >= 0.3 is 0 Å². The van der Waals surface area contributed by atoms with Crippen LogP contribution in [0, 0.1) is 5.41 Å². The second-order valence-corrected chi connectivity index (χ2v) is 6.03. The van der Waals surface area contributed by atoms with Gasteiger partial charge < -0.3 is 4.74 Å². The Bertz CT molecular complexity index is 666. The maximum atomic E-state index is 13.2. The highest BCUT2D eigenvalue weighted by Gasteiger charge is 2.40. The minimum atomic E-state index is -0.142. The molecule has 0 amide bonds. The molecule has 3 rings (SSSR count). The van der Waals surface area contributed by atoms with Crippen molar-refractivity contribution in [1.29, 1.82) is 0 Å². The number of benzene rings is 2. The van der Waals surface area contributed by atoms with Gasteiger partial charge in [0.25, 0.3) is 0 Å². The maximum absolute atomic E-state index is 13.2. The van der Waals surface area contributed by atoms with Crippen molar-refractivity contribution < 1.29 is 9.53 Å². The Kier molecular flexibility index (Phi) is 3.71. The molecule has 2 heteroatoms. The lowest BCUT2D eigenvalue weighted by atomic mass is 9.75. The lowest BCUT2D eigenvalue weighted by Crippen LogP contribution is -2.27. The quantitative estimate of drug-likeness (QED) is 0.737. The van der Waals surface area contributed by atoms with Gasteiger partial charge in [0.1, 0.15) is 5.75 Å². The molecule has 0 heterocycles. The molecule has 0 aromatic heterocycles. The summed E-state index contributed by atoms with van der Waals surface area (Å²) >= 11 is 0. The smallest absolute Gasteiger partial charge is 0.169 e. The van der Waals surface area contributed by atoms with E-state index < -0.39 is 0 Å². The summed E-state index contributed by atoms with van der Waals surface area (Å²) in [7, 11) is 1.67. The number of carbonyl (C=O) groups excluding carboxylic acids is 1. The first-order chi connectivity index (χ1) is 10.2. The molecule has 0 saturated heterocycles. The van der Waals surface area contributed by atoms with Crippen LogP contribution in [0.4, 0.5) is 0 Å². The largest absolute Gasteiger partial charge is 0.496 e. The molecule has 0 bridgehead atoms. The van der Waals surface area contributed by atoms with Gasteiger partial charge in [-0.25, -0.2) is 0 Å². The Balaban J connectivity index is 2.15. The molecule has 1 saturated carbocycles. The van der Waals surface area contributed by atoms with Gasteiger partial charge in [0, 0.05) is 16.4 Å². The Morgan fingerprint density at radius 2 is 1.76 bits per heavy atom. The summed E-state index contributed by atoms with van der Waals surface area (Å²) in [5, 5.41) is 2.04. The summed E-state index contributed by atoms with van der Waals surface area (Å²) in [6.07, 6.45) is 5.35. The fourth-order valence-corrected chi connectivity index (χ4v) is 3.73. The van der Waals surface area contributed by atoms with Crippen LogP contribution in [0.15, 0.2) is 36.4 Å². The fourth-order valence-electron chi connectivity index (χ4n) is 3.73. The standard InChI is InChI=1S/C19H22O2/c1-3-19(12-6-7-13-19)18(20)16-10-11-17(21-2)15-9-5-4-8-14(15)16/h4-5,8-11H,3,6-7,12-13H2,1-2H3. The molecule has 21 heavy (non-hydrogen) atoms. The van der Waals surface area contributed by atoms with E-state index in [1.165, 1.54) is 12.8 Å². The van der Waals surface area contributed by atoms with Gasteiger partial charge in [-0.15, -0.1) is 0 Å². The number of hydrogen-bond donors (Lipinski definition) is 0. The van der Waals surface area contributed by atoms with E-state index in [-0.39, 0.29) is 5.41 Å². The van der Waals surface area contributed by atoms with Gasteiger partial charge in [-0.05, 0) is 36.8 Å². The van der Waals surface area contributed by atoms with Gasteiger partial charge in [-0.1, -0.05) is 44.0 Å². The number of rotatable bonds is 4. The van der Waals surface area contributed by atoms with E-state index in [4.69, 9.17) is 4.74 Å². The summed E-state index contributed by atoms with van der Waals surface area (Å²) in [5.41, 5.74) is 0.715. The number of fused-ring (bicyclic) bond motifs is 1. The first-order valence-electron chi connectivity index (χ1n) is 7.82. The highest BCUT2D eigenvalue weighted by molar-refractivity contribution is 6.12. The van der Waals surface area contributed by atoms with Crippen molar-refractivity contribution in [2.24, 2.45) is 5.41 Å². The molecular weight excluding hydrogens is 260 g/mol. The predicted octanol–water partition coefficient (Wildman–Crippen LogP) is 5.00. The van der Waals surface area contributed by atoms with Crippen LogP contribution in [-0.2, 0) is 0 Å². The number of ether oxygens (including phenoxy) is 1. The molecular formula is C19H22O2. The van der Waals surface area contributed by atoms with Crippen molar-refractivity contribution >= 4 is 16.6 Å². The normalized spacial score (nSPS) is 17.0. The SMILES string of the molecule is CCC1(C(=O)c2ccc(OC)c3ccccc23)CCCC1. The highest BCUT2D eigenvalue weighted by atomic mass is 16.5. The lowest BCUT2D eigenvalue weighted by Gasteiger charge is -2.26. The molecule has 1 fully saturated rings. The van der Waals surface area contributed by atoms with Crippen LogP contribution < -0.4 is 4.74 Å². The van der Waals surface area contributed by atoms with Crippen LogP contribution in [-0.4, -0.2) is 12.9 Å². The third-order valence-electron chi connectivity index (χ3n) is 5.07. The summed E-state index contributed by atoms with van der Waals surface area (Å²) in [5.74, 6) is 1.15. The Morgan fingerprint density at radius 3 is 2.38 bits per heavy atom. The van der Waals surface area contributed by atoms with Crippen LogP contribution in [0.25, 0.3) is 10.8 Å². The Hall–Kier alpha value is -1.83. The van der Waals surface area contributed by atoms with Crippen LogP contribution in [0.3, 0.4) is 0 Å². The molecule has 0 spiro atoms. The summed E-state index contributed by atoms with van der Waals surface area (Å²) < 4.78 is 5.43. The molecule has 110 valence electrons. The van der Waals surface area contributed by atoms with Gasteiger partial charge in [0.15, 0.2) is 5.78 Å². The number of hydrogen-bond acceptors (Lipinski definition) is 2. The highest BCUT2D eigenvalue weighted by Crippen LogP contribution is 2.44. The molecule has 2 nitrogen and oxygen atoms in total. The van der Waals surface area contributed by atoms with Gasteiger partial charge in [-0.3, -0.25) is 4.79 Å². The predicted molar refractivity (Wildman–Crippen MR) is 86.0 cm³/mol. The van der Waals surface area contributed by atoms with Crippen LogP contribution in [0.1, 0.15) is 49.4 Å². The molecule has 0 unspecified atom stereocenters. The molecule has 0 radical (unpaired) electrons. The van der Waals surface area contributed by atoms with Gasteiger partial charge in [0.05, 0.1) is 7.11 Å². The molecule has 0 N–H and O–H groups in total. The van der Waals surface area contributed by atoms with Crippen LogP contribution in [0.2, 0.25) is 0 Å². The topological polar surface area (TPSA) is 26.3 Å². The van der Waals surface area contributed by atoms with E-state index in [9.17, 15) is 4.79 Å². The monoisotopic (exact) mass is 282 g/mol. The zero-order valence-electron chi connectivity index (χ0n) is 12.8. The van der Waals surface area contributed by atoms with E-state index in [2.05, 4.69) is 6.92 Å². The zero-order chi connectivity index (χ0) is 14.9. The number of ketones is 1. The Morgan fingerprint density at radius 1 is 1.10 bits per heavy atom. The van der Waals surface area contributed by atoms with Crippen molar-refractivity contribution in [3.05, 3.63) is 42.0 Å². The van der Waals surface area contributed by atoms with Crippen molar-refractivity contribution in [3.8, 4) is 5.75 Å². The molecule has 0 atom stereocenters. The minimum Gasteiger partial charge on any atom is -0.496 e. The van der Waals surface area contributed by atoms with E-state index >= 15 is 0 Å². The zero-order valence-corrected chi connectivity index (χ0v) is 12.8. The molecule has 1 aliphatic rings. The van der Waals surface area contributed by atoms with Crippen molar-refractivity contribution in [1.82, 2.24) is 0 Å². The summed E-state index contributed by atoms with van der Waals surface area (Å²) in [6.45, 7) is 2.15. The number of methoxy groups -OCH3 is 1. The number of carbonyl (C=O) groups is 1. The molecule has 2 aromatic carbocycles. The van der Waals surface area contributed by atoms with E-state index in [0.717, 1.165) is 41.3 Å². The Labute approximate surface area is 126 Å². The average Bonchev–Trinajstić information content (AvgIpc) is 3.03. The third-order valence-corrected chi connectivity index (χ3v) is 5.07. The first kappa shape index (κ1) is 14.1. The van der Waals surface area contributed by atoms with Crippen LogP contribution >= 0.6 is 0 Å². The number of Topliss-reactive ketones (excluding diaryl/α,β-unsaturated/α-hetero) is 1. The molecule has 1 aliphatic carbocycles. The van der Waals surface area contributed by atoms with Crippen molar-refractivity contribution in [2.75, 3.05) is 7.11 Å². The van der Waals surface area contributed by atoms with Gasteiger partial charge in [-0.2, -0.15) is 0 Å². The van der Waals surface area contributed by atoms with E-state index in [1.807, 2.05) is 36.4 Å². The lowest BCUT2D eigenvalue weighted by molar-refractivity contribution is 0.0793. The van der Waals surface area contributed by atoms with E-state index in [1.54, 1.807) is 7.11 Å². The summed E-state index contributed by atoms with van der Waals surface area (Å²) in [6, 6.07) is 11.9. The van der Waals surface area contributed by atoms with Crippen molar-refractivity contribution in [2.45, 2.75) is 39.0 Å². The third kappa shape index (κ3) is 2.23. The summed E-state index contributed by atoms with van der Waals surface area (Å²) in [4.78, 5) is 13.2. The fraction of sp³-hybridized carbons (Fsp3) is 0.421. The second-order valence-electron chi connectivity index (χ2n) is 6.03. The average molecular weight is 282 g/mol. The van der Waals surface area contributed by atoms with Crippen LogP contribution in [0.5, 0.6) is 5.75 Å². The first-order valence-corrected chi connectivity index (χ1v) is 7.82. The maximum Gasteiger partial charge on any atom is 0.169 e. The minimum absolute atomic E-state index is 0.142. The van der Waals surface area contributed by atoms with E-state index in [0.29, 0.717) is 5.78 Å². The molecule has 0 aliphatic heterocycles. The molecule has 2 aromatic rings. The van der Waals surface area contributed by atoms with Gasteiger partial charge in [0.2, 0.25) is 0 Å². The second kappa shape index (κ2) is 5.51. The van der Waals surface area contributed by atoms with Crippen molar-refractivity contribution in [3.63, 3.8) is 0 Å².